The fraction of sp³-hybridized carbons (Fsp3) is 0.0500. The standard InChI is InChI=1S/C20H15N4O3/c1-27-19-9-5-2-6-12(19)20-21-13-10-17-18(11-14(13)22-20)24(26)16-8-4-3-7-15(16)23(17)25/h2-11,25H,1H3,(H,21,22)/q+1. The summed E-state index contributed by atoms with van der Waals surface area (Å²) in [6.45, 7) is 0. The van der Waals surface area contributed by atoms with E-state index in [0.29, 0.717) is 44.7 Å². The first-order chi connectivity index (χ1) is 13.2. The third-order valence-corrected chi connectivity index (χ3v) is 4.72. The highest BCUT2D eigenvalue weighted by molar-refractivity contribution is 5.93. The smallest absolute Gasteiger partial charge is 0.292 e. The Kier molecular flexibility index (Phi) is 3.17. The predicted octanol–water partition coefficient (Wildman–Crippen LogP) is 3.50. The molecule has 5 rings (SSSR count). The van der Waals surface area contributed by atoms with Gasteiger partial charge in [-0.25, -0.2) is 4.98 Å². The maximum atomic E-state index is 12.8. The van der Waals surface area contributed by atoms with Crippen LogP contribution in [0, 0.1) is 4.91 Å². The van der Waals surface area contributed by atoms with Crippen LogP contribution in [-0.4, -0.2) is 27.0 Å². The number of hydrogen-bond donors (Lipinski definition) is 2. The third-order valence-electron chi connectivity index (χ3n) is 4.72. The lowest BCUT2D eigenvalue weighted by atomic mass is 10.2. The normalized spacial score (nSPS) is 11.4. The highest BCUT2D eigenvalue weighted by Crippen LogP contribution is 2.30. The molecular formula is C20H15N4O3+. The second-order valence-electron chi connectivity index (χ2n) is 6.24. The molecule has 0 saturated heterocycles. The number of rotatable bonds is 2. The Morgan fingerprint density at radius 1 is 1.04 bits per heavy atom. The summed E-state index contributed by atoms with van der Waals surface area (Å²) in [4.78, 5) is 20.7. The second-order valence-corrected chi connectivity index (χ2v) is 6.24. The molecule has 5 aromatic rings. The van der Waals surface area contributed by atoms with E-state index in [-0.39, 0.29) is 0 Å². The quantitative estimate of drug-likeness (QED) is 0.287. The summed E-state index contributed by atoms with van der Waals surface area (Å²) >= 11 is 0. The van der Waals surface area contributed by atoms with Crippen molar-refractivity contribution < 1.29 is 14.4 Å². The minimum atomic E-state index is 0.335. The number of para-hydroxylation sites is 3. The minimum absolute atomic E-state index is 0.335. The summed E-state index contributed by atoms with van der Waals surface area (Å²) in [7, 11) is 1.61. The molecule has 0 saturated carbocycles. The Balaban J connectivity index is 1.85. The van der Waals surface area contributed by atoms with E-state index in [1.807, 2.05) is 24.3 Å². The van der Waals surface area contributed by atoms with Crippen LogP contribution < -0.4 is 9.16 Å². The van der Waals surface area contributed by atoms with Gasteiger partial charge in [0.05, 0.1) is 28.1 Å². The van der Waals surface area contributed by atoms with Gasteiger partial charge in [-0.1, -0.05) is 24.3 Å². The largest absolute Gasteiger partial charge is 0.496 e. The molecule has 0 atom stereocenters. The number of aromatic amines is 1. The molecule has 0 aliphatic carbocycles. The highest BCUT2D eigenvalue weighted by Gasteiger charge is 2.20. The molecule has 7 heteroatoms. The van der Waals surface area contributed by atoms with Crippen LogP contribution >= 0.6 is 0 Å². The predicted molar refractivity (Wildman–Crippen MR) is 102 cm³/mol. The first-order valence-corrected chi connectivity index (χ1v) is 8.40. The molecule has 3 aromatic carbocycles. The van der Waals surface area contributed by atoms with Crippen LogP contribution in [0.1, 0.15) is 0 Å². The molecule has 27 heavy (non-hydrogen) atoms. The number of nitrogens with zero attached hydrogens (tertiary/aromatic N) is 3. The lowest BCUT2D eigenvalue weighted by Gasteiger charge is -2.04. The highest BCUT2D eigenvalue weighted by atomic mass is 16.5. The molecule has 2 aromatic heterocycles. The Morgan fingerprint density at radius 2 is 1.81 bits per heavy atom. The van der Waals surface area contributed by atoms with Crippen molar-refractivity contribution in [3.8, 4) is 17.1 Å². The summed E-state index contributed by atoms with van der Waals surface area (Å²) in [5.74, 6) is 1.33. The molecule has 7 nitrogen and oxygen atoms in total. The zero-order chi connectivity index (χ0) is 18.5. The van der Waals surface area contributed by atoms with Crippen LogP contribution in [0.15, 0.2) is 60.7 Å². The van der Waals surface area contributed by atoms with E-state index in [1.54, 1.807) is 43.5 Å². The van der Waals surface area contributed by atoms with Gasteiger partial charge in [-0.05, 0) is 24.3 Å². The van der Waals surface area contributed by atoms with E-state index in [9.17, 15) is 10.1 Å². The van der Waals surface area contributed by atoms with Gasteiger partial charge >= 0.3 is 0 Å². The number of ether oxygens (including phenoxy) is 1. The second kappa shape index (κ2) is 5.57. The summed E-state index contributed by atoms with van der Waals surface area (Å²) in [5, 5.41) is 10.6. The summed E-state index contributed by atoms with van der Waals surface area (Å²) in [5.41, 5.74) is 3.70. The molecular weight excluding hydrogens is 344 g/mol. The Bertz CT molecular complexity index is 1400. The Morgan fingerprint density at radius 3 is 2.67 bits per heavy atom. The minimum Gasteiger partial charge on any atom is -0.496 e. The van der Waals surface area contributed by atoms with E-state index < -0.39 is 0 Å². The van der Waals surface area contributed by atoms with Gasteiger partial charge in [0.25, 0.3) is 11.0 Å². The SMILES string of the molecule is COc1ccccc1-c1nc2cc3c(cc2[nH]1)n(O)c1ccccc1[n+]3=O. The average Bonchev–Trinajstić information content (AvgIpc) is 3.14. The summed E-state index contributed by atoms with van der Waals surface area (Å²) in [6, 6.07) is 17.9. The van der Waals surface area contributed by atoms with Crippen molar-refractivity contribution in [2.24, 2.45) is 0 Å². The van der Waals surface area contributed by atoms with Gasteiger partial charge in [0.1, 0.15) is 11.6 Å². The van der Waals surface area contributed by atoms with Crippen LogP contribution in [0.3, 0.4) is 0 Å². The van der Waals surface area contributed by atoms with Crippen LogP contribution in [0.25, 0.3) is 44.5 Å². The first-order valence-electron chi connectivity index (χ1n) is 8.40. The number of H-pyrrole nitrogens is 1. The van der Waals surface area contributed by atoms with Crippen LogP contribution in [-0.2, 0) is 0 Å². The number of fused-ring (bicyclic) bond motifs is 3. The topological polar surface area (TPSA) is 86.0 Å². The third kappa shape index (κ3) is 2.18. The van der Waals surface area contributed by atoms with Gasteiger partial charge in [0.2, 0.25) is 0 Å². The molecule has 0 fully saturated rings. The molecule has 2 N–H and O–H groups in total. The van der Waals surface area contributed by atoms with Gasteiger partial charge < -0.3 is 14.9 Å². The van der Waals surface area contributed by atoms with E-state index in [2.05, 4.69) is 9.97 Å². The fourth-order valence-electron chi connectivity index (χ4n) is 3.41. The molecule has 132 valence electrons. The van der Waals surface area contributed by atoms with Crippen molar-refractivity contribution in [3.63, 3.8) is 0 Å². The van der Waals surface area contributed by atoms with Crippen molar-refractivity contribution in [3.05, 3.63) is 65.6 Å². The zero-order valence-electron chi connectivity index (χ0n) is 14.4. The maximum absolute atomic E-state index is 12.8. The van der Waals surface area contributed by atoms with Crippen molar-refractivity contribution in [1.29, 1.82) is 0 Å². The molecule has 0 aliphatic rings. The van der Waals surface area contributed by atoms with Crippen LogP contribution in [0.5, 0.6) is 5.75 Å². The number of aromatic nitrogens is 4. The molecule has 2 heterocycles. The summed E-state index contributed by atoms with van der Waals surface area (Å²) in [6.07, 6.45) is 0. The fourth-order valence-corrected chi connectivity index (χ4v) is 3.41. The Hall–Kier alpha value is -3.87. The molecule has 0 radical (unpaired) electrons. The van der Waals surface area contributed by atoms with Crippen molar-refractivity contribution in [2.75, 3.05) is 7.11 Å². The van der Waals surface area contributed by atoms with Crippen molar-refractivity contribution >= 4 is 33.1 Å². The molecule has 0 aliphatic heterocycles. The molecule has 0 amide bonds. The number of nitrogens with one attached hydrogen (secondary N) is 1. The lowest BCUT2D eigenvalue weighted by molar-refractivity contribution is -0.433. The zero-order valence-corrected chi connectivity index (χ0v) is 14.4. The molecule has 0 unspecified atom stereocenters. The van der Waals surface area contributed by atoms with Gasteiger partial charge in [-0.15, -0.1) is 0 Å². The number of benzene rings is 3. The maximum Gasteiger partial charge on any atom is 0.292 e. The van der Waals surface area contributed by atoms with Crippen LogP contribution in [0.4, 0.5) is 0 Å². The monoisotopic (exact) mass is 359 g/mol. The average molecular weight is 359 g/mol. The van der Waals surface area contributed by atoms with E-state index in [4.69, 9.17) is 4.74 Å². The number of imidazole rings is 1. The summed E-state index contributed by atoms with van der Waals surface area (Å²) < 4.78 is 7.25. The van der Waals surface area contributed by atoms with E-state index in [1.165, 1.54) is 0 Å². The number of methoxy groups -OCH3 is 1. The van der Waals surface area contributed by atoms with Gasteiger partial charge in [0.15, 0.2) is 11.0 Å². The van der Waals surface area contributed by atoms with Crippen LogP contribution in [0.2, 0.25) is 0 Å². The van der Waals surface area contributed by atoms with Gasteiger partial charge in [-0.2, -0.15) is 4.73 Å². The Labute approximate surface area is 152 Å². The first kappa shape index (κ1) is 15.4. The molecule has 0 spiro atoms. The van der Waals surface area contributed by atoms with E-state index >= 15 is 0 Å². The van der Waals surface area contributed by atoms with E-state index in [0.717, 1.165) is 14.7 Å². The lowest BCUT2D eigenvalue weighted by Crippen LogP contribution is -2.20. The van der Waals surface area contributed by atoms with Gasteiger partial charge in [0, 0.05) is 17.0 Å². The molecule has 0 bridgehead atoms. The van der Waals surface area contributed by atoms with Crippen molar-refractivity contribution in [1.82, 2.24) is 14.7 Å². The van der Waals surface area contributed by atoms with Crippen molar-refractivity contribution in [2.45, 2.75) is 0 Å². The van der Waals surface area contributed by atoms with Gasteiger partial charge in [-0.3, -0.25) is 0 Å². The number of hydrogen-bond acceptors (Lipinski definition) is 4.